The molecule has 1 aliphatic heterocycles. The minimum Gasteiger partial charge on any atom is -0.494 e. The first kappa shape index (κ1) is 16.8. The van der Waals surface area contributed by atoms with Gasteiger partial charge in [0.15, 0.2) is 0 Å². The van der Waals surface area contributed by atoms with Gasteiger partial charge in [0.05, 0.1) is 30.4 Å². The van der Waals surface area contributed by atoms with Crippen molar-refractivity contribution in [3.8, 4) is 11.5 Å². The molecule has 0 aromatic heterocycles. The molecular weight excluding hydrogens is 320 g/mol. The number of nitrogens with two attached hydrogens (primary N) is 1. The van der Waals surface area contributed by atoms with Gasteiger partial charge in [-0.1, -0.05) is 18.2 Å². The molecule has 0 saturated heterocycles. The molecule has 2 aromatic rings. The molecule has 2 amide bonds. The highest BCUT2D eigenvalue weighted by Crippen LogP contribution is 2.34. The second-order valence-electron chi connectivity index (χ2n) is 5.72. The third-order valence-electron chi connectivity index (χ3n) is 4.10. The number of nitrogens with one attached hydrogen (secondary N) is 1. The molecule has 0 saturated carbocycles. The zero-order chi connectivity index (χ0) is 17.8. The van der Waals surface area contributed by atoms with Crippen LogP contribution in [0.2, 0.25) is 0 Å². The summed E-state index contributed by atoms with van der Waals surface area (Å²) in [7, 11) is 0. The highest BCUT2D eigenvalue weighted by atomic mass is 16.5. The van der Waals surface area contributed by atoms with Crippen LogP contribution in [0.25, 0.3) is 0 Å². The van der Waals surface area contributed by atoms with Crippen molar-refractivity contribution in [1.29, 1.82) is 0 Å². The molecule has 2 aromatic carbocycles. The van der Waals surface area contributed by atoms with Gasteiger partial charge in [-0.3, -0.25) is 9.59 Å². The summed E-state index contributed by atoms with van der Waals surface area (Å²) in [5.41, 5.74) is 6.89. The zero-order valence-corrected chi connectivity index (χ0v) is 14.0. The molecule has 1 atom stereocenters. The van der Waals surface area contributed by atoms with Crippen LogP contribution in [-0.4, -0.2) is 25.0 Å². The van der Waals surface area contributed by atoms with Crippen LogP contribution in [0.1, 0.15) is 35.2 Å². The Morgan fingerprint density at radius 3 is 2.84 bits per heavy atom. The highest BCUT2D eigenvalue weighted by Gasteiger charge is 2.28. The number of hydrogen-bond acceptors (Lipinski definition) is 4. The largest absolute Gasteiger partial charge is 0.494 e. The summed E-state index contributed by atoms with van der Waals surface area (Å²) in [4.78, 5) is 24.5. The fraction of sp³-hybridized carbons (Fsp3) is 0.263. The summed E-state index contributed by atoms with van der Waals surface area (Å²) < 4.78 is 11.0. The minimum absolute atomic E-state index is 0.192. The van der Waals surface area contributed by atoms with E-state index in [-0.39, 0.29) is 17.4 Å². The molecule has 0 bridgehead atoms. The summed E-state index contributed by atoms with van der Waals surface area (Å²) >= 11 is 0. The third-order valence-corrected chi connectivity index (χ3v) is 4.10. The predicted molar refractivity (Wildman–Crippen MR) is 94.1 cm³/mol. The highest BCUT2D eigenvalue weighted by molar-refractivity contribution is 6.05. The number of rotatable bonds is 5. The molecule has 0 unspecified atom stereocenters. The lowest BCUT2D eigenvalue weighted by molar-refractivity contribution is -0.118. The molecule has 6 nitrogen and oxygen atoms in total. The Balaban J connectivity index is 1.85. The molecular formula is C19H20N2O4. The summed E-state index contributed by atoms with van der Waals surface area (Å²) in [5, 5.41) is 2.82. The van der Waals surface area contributed by atoms with Gasteiger partial charge < -0.3 is 20.5 Å². The van der Waals surface area contributed by atoms with Crippen molar-refractivity contribution in [2.45, 2.75) is 19.3 Å². The number of para-hydroxylation sites is 1. The minimum atomic E-state index is -0.621. The Hall–Kier alpha value is -3.02. The number of ether oxygens (including phenoxy) is 2. The molecule has 0 fully saturated rings. The van der Waals surface area contributed by atoms with Gasteiger partial charge in [0.25, 0.3) is 5.91 Å². The van der Waals surface area contributed by atoms with E-state index in [2.05, 4.69) is 5.32 Å². The van der Waals surface area contributed by atoms with Crippen LogP contribution >= 0.6 is 0 Å². The summed E-state index contributed by atoms with van der Waals surface area (Å²) in [6.07, 6.45) is 0.575. The van der Waals surface area contributed by atoms with E-state index in [1.165, 1.54) is 0 Å². The molecule has 130 valence electrons. The fourth-order valence-corrected chi connectivity index (χ4v) is 2.93. The standard InChI is InChI=1S/C19H20N2O4/c1-2-24-12-7-8-16(15(11-12)18(20)22)21-19(23)14-9-10-25-17-6-4-3-5-13(14)17/h3-8,11,14H,2,9-10H2,1H3,(H2,20,22)(H,21,23)/t14-/m1/s1. The zero-order valence-electron chi connectivity index (χ0n) is 14.0. The molecule has 6 heteroatoms. The van der Waals surface area contributed by atoms with E-state index < -0.39 is 5.91 Å². The lowest BCUT2D eigenvalue weighted by Crippen LogP contribution is -2.27. The van der Waals surface area contributed by atoms with Crippen molar-refractivity contribution in [1.82, 2.24) is 0 Å². The average Bonchev–Trinajstić information content (AvgIpc) is 2.62. The Morgan fingerprint density at radius 2 is 2.08 bits per heavy atom. The van der Waals surface area contributed by atoms with Gasteiger partial charge in [-0.05, 0) is 37.6 Å². The smallest absolute Gasteiger partial charge is 0.250 e. The van der Waals surface area contributed by atoms with E-state index >= 15 is 0 Å². The van der Waals surface area contributed by atoms with E-state index in [1.54, 1.807) is 18.2 Å². The van der Waals surface area contributed by atoms with Crippen LogP contribution in [-0.2, 0) is 4.79 Å². The number of hydrogen-bond donors (Lipinski definition) is 2. The quantitative estimate of drug-likeness (QED) is 0.875. The lowest BCUT2D eigenvalue weighted by atomic mass is 9.92. The second-order valence-corrected chi connectivity index (χ2v) is 5.72. The number of carbonyl (C=O) groups is 2. The second kappa shape index (κ2) is 7.25. The van der Waals surface area contributed by atoms with Gasteiger partial charge in [-0.25, -0.2) is 0 Å². The predicted octanol–water partition coefficient (Wildman–Crippen LogP) is 2.69. The molecule has 0 spiro atoms. The van der Waals surface area contributed by atoms with E-state index in [0.717, 1.165) is 11.3 Å². The maximum absolute atomic E-state index is 12.8. The maximum Gasteiger partial charge on any atom is 0.250 e. The van der Waals surface area contributed by atoms with Crippen molar-refractivity contribution in [3.63, 3.8) is 0 Å². The van der Waals surface area contributed by atoms with E-state index in [4.69, 9.17) is 15.2 Å². The number of fused-ring (bicyclic) bond motifs is 1. The van der Waals surface area contributed by atoms with Crippen molar-refractivity contribution in [2.24, 2.45) is 5.73 Å². The average molecular weight is 340 g/mol. The van der Waals surface area contributed by atoms with Gasteiger partial charge in [0.1, 0.15) is 11.5 Å². The first-order valence-corrected chi connectivity index (χ1v) is 8.19. The molecule has 3 rings (SSSR count). The molecule has 0 aliphatic carbocycles. The van der Waals surface area contributed by atoms with E-state index in [9.17, 15) is 9.59 Å². The maximum atomic E-state index is 12.8. The topological polar surface area (TPSA) is 90.7 Å². The van der Waals surface area contributed by atoms with Crippen molar-refractivity contribution in [3.05, 3.63) is 53.6 Å². The Kier molecular flexibility index (Phi) is 4.88. The number of anilines is 1. The van der Waals surface area contributed by atoms with Crippen molar-refractivity contribution in [2.75, 3.05) is 18.5 Å². The normalized spacial score (nSPS) is 15.6. The van der Waals surface area contributed by atoms with Crippen LogP contribution in [0.4, 0.5) is 5.69 Å². The van der Waals surface area contributed by atoms with Crippen LogP contribution in [0.3, 0.4) is 0 Å². The van der Waals surface area contributed by atoms with Crippen LogP contribution < -0.4 is 20.5 Å². The first-order valence-electron chi connectivity index (χ1n) is 8.19. The Bertz CT molecular complexity index is 804. The number of amides is 2. The number of carbonyl (C=O) groups excluding carboxylic acids is 2. The van der Waals surface area contributed by atoms with Gasteiger partial charge in [0.2, 0.25) is 5.91 Å². The van der Waals surface area contributed by atoms with E-state index in [1.807, 2.05) is 31.2 Å². The molecule has 1 aliphatic rings. The number of benzene rings is 2. The van der Waals surface area contributed by atoms with Gasteiger partial charge in [-0.2, -0.15) is 0 Å². The summed E-state index contributed by atoms with van der Waals surface area (Å²) in [6.45, 7) is 2.80. The van der Waals surface area contributed by atoms with Crippen LogP contribution in [0.5, 0.6) is 11.5 Å². The van der Waals surface area contributed by atoms with E-state index in [0.29, 0.717) is 31.1 Å². The van der Waals surface area contributed by atoms with Gasteiger partial charge in [0, 0.05) is 5.56 Å². The van der Waals surface area contributed by atoms with Crippen molar-refractivity contribution >= 4 is 17.5 Å². The number of primary amides is 1. The van der Waals surface area contributed by atoms with Crippen molar-refractivity contribution < 1.29 is 19.1 Å². The lowest BCUT2D eigenvalue weighted by Gasteiger charge is -2.25. The van der Waals surface area contributed by atoms with Crippen LogP contribution in [0.15, 0.2) is 42.5 Å². The fourth-order valence-electron chi connectivity index (χ4n) is 2.93. The van der Waals surface area contributed by atoms with Gasteiger partial charge in [-0.15, -0.1) is 0 Å². The summed E-state index contributed by atoms with van der Waals surface area (Å²) in [5.74, 6) is 0.102. The molecule has 1 heterocycles. The van der Waals surface area contributed by atoms with Gasteiger partial charge >= 0.3 is 0 Å². The monoisotopic (exact) mass is 340 g/mol. The Labute approximate surface area is 145 Å². The van der Waals surface area contributed by atoms with Crippen LogP contribution in [0, 0.1) is 0 Å². The Morgan fingerprint density at radius 1 is 1.28 bits per heavy atom. The molecule has 25 heavy (non-hydrogen) atoms. The first-order chi connectivity index (χ1) is 12.1. The molecule has 0 radical (unpaired) electrons. The summed E-state index contributed by atoms with van der Waals surface area (Å²) in [6, 6.07) is 12.3. The molecule has 3 N–H and O–H groups in total. The third kappa shape index (κ3) is 3.57. The SMILES string of the molecule is CCOc1ccc(NC(=O)[C@@H]2CCOc3ccccc32)c(C(N)=O)c1.